The van der Waals surface area contributed by atoms with Gasteiger partial charge in [-0.15, -0.1) is 0 Å². The van der Waals surface area contributed by atoms with Crippen molar-refractivity contribution in [1.29, 1.82) is 0 Å². The van der Waals surface area contributed by atoms with Gasteiger partial charge in [-0.2, -0.15) is 0 Å². The van der Waals surface area contributed by atoms with Crippen LogP contribution < -0.4 is 5.32 Å². The number of esters is 1. The van der Waals surface area contributed by atoms with E-state index in [4.69, 9.17) is 4.74 Å². The van der Waals surface area contributed by atoms with Crippen LogP contribution in [0.2, 0.25) is 0 Å². The van der Waals surface area contributed by atoms with Crippen molar-refractivity contribution < 1.29 is 19.1 Å². The summed E-state index contributed by atoms with van der Waals surface area (Å²) in [7, 11) is 0. The van der Waals surface area contributed by atoms with Gasteiger partial charge in [0.25, 0.3) is 0 Å². The Morgan fingerprint density at radius 1 is 1.00 bits per heavy atom. The van der Waals surface area contributed by atoms with Gasteiger partial charge in [-0.3, -0.25) is 9.59 Å². The average Bonchev–Trinajstić information content (AvgIpc) is 2.22. The predicted molar refractivity (Wildman–Crippen MR) is 86.3 cm³/mol. The van der Waals surface area contributed by atoms with Crippen LogP contribution in [-0.2, 0) is 19.1 Å². The molecule has 0 rings (SSSR count). The van der Waals surface area contributed by atoms with E-state index in [1.54, 1.807) is 34.6 Å². The van der Waals surface area contributed by atoms with Crippen molar-refractivity contribution in [2.24, 2.45) is 11.3 Å². The third-order valence-corrected chi connectivity index (χ3v) is 2.77. The first kappa shape index (κ1) is 20.6. The lowest BCUT2D eigenvalue weighted by atomic mass is 9.91. The van der Waals surface area contributed by atoms with Crippen molar-refractivity contribution in [3.63, 3.8) is 0 Å². The van der Waals surface area contributed by atoms with Gasteiger partial charge in [0, 0.05) is 18.8 Å². The number of hydrogen-bond acceptors (Lipinski definition) is 4. The Bertz CT molecular complexity index is 413. The molecule has 0 bridgehead atoms. The highest BCUT2D eigenvalue weighted by Crippen LogP contribution is 2.19. The second kappa shape index (κ2) is 7.75. The quantitative estimate of drug-likeness (QED) is 0.765. The fraction of sp³-hybridized carbons (Fsp3) is 0.824. The van der Waals surface area contributed by atoms with E-state index < -0.39 is 17.6 Å². The molecule has 0 radical (unpaired) electrons. The zero-order chi connectivity index (χ0) is 17.7. The lowest BCUT2D eigenvalue weighted by Gasteiger charge is -2.26. The summed E-state index contributed by atoms with van der Waals surface area (Å²) < 4.78 is 5.31. The fourth-order valence-electron chi connectivity index (χ4n) is 1.73. The Hall–Kier alpha value is -1.39. The smallest absolute Gasteiger partial charge is 0.329 e. The molecule has 0 saturated carbocycles. The summed E-state index contributed by atoms with van der Waals surface area (Å²) >= 11 is 0. The summed E-state index contributed by atoms with van der Waals surface area (Å²) in [6.45, 7) is 14.6. The summed E-state index contributed by atoms with van der Waals surface area (Å²) in [5, 5.41) is 2.65. The molecule has 0 heterocycles. The van der Waals surface area contributed by atoms with Gasteiger partial charge in [-0.05, 0) is 26.2 Å². The first-order valence-electron chi connectivity index (χ1n) is 7.76. The number of rotatable bonds is 6. The van der Waals surface area contributed by atoms with Crippen LogP contribution in [0.3, 0.4) is 0 Å². The average molecular weight is 313 g/mol. The molecule has 5 heteroatoms. The van der Waals surface area contributed by atoms with E-state index in [0.29, 0.717) is 0 Å². The Kier molecular flexibility index (Phi) is 7.26. The van der Waals surface area contributed by atoms with Crippen molar-refractivity contribution in [3.05, 3.63) is 0 Å². The highest BCUT2D eigenvalue weighted by atomic mass is 16.6. The number of amides is 1. The van der Waals surface area contributed by atoms with Gasteiger partial charge >= 0.3 is 5.97 Å². The Labute approximate surface area is 134 Å². The highest BCUT2D eigenvalue weighted by molar-refractivity contribution is 5.91. The van der Waals surface area contributed by atoms with Crippen LogP contribution in [0.25, 0.3) is 0 Å². The van der Waals surface area contributed by atoms with Crippen molar-refractivity contribution in [3.8, 4) is 0 Å². The van der Waals surface area contributed by atoms with Crippen LogP contribution in [0.5, 0.6) is 0 Å². The zero-order valence-electron chi connectivity index (χ0n) is 15.2. The standard InChI is InChI=1S/C17H31NO4/c1-11(2)13(19)9-12(15(21)22-17(6,7)8)18-14(20)10-16(3,4)5/h11-12H,9-10H2,1-8H3,(H,18,20). The Morgan fingerprint density at radius 3 is 1.86 bits per heavy atom. The van der Waals surface area contributed by atoms with Gasteiger partial charge in [0.15, 0.2) is 0 Å². The van der Waals surface area contributed by atoms with Gasteiger partial charge in [-0.25, -0.2) is 4.79 Å². The second-order valence-electron chi connectivity index (χ2n) is 8.22. The topological polar surface area (TPSA) is 72.5 Å². The lowest BCUT2D eigenvalue weighted by Crippen LogP contribution is -2.46. The molecule has 5 nitrogen and oxygen atoms in total. The first-order chi connectivity index (χ1) is 9.71. The molecule has 0 spiro atoms. The third-order valence-electron chi connectivity index (χ3n) is 2.77. The van der Waals surface area contributed by atoms with E-state index in [1.165, 1.54) is 0 Å². The van der Waals surface area contributed by atoms with Gasteiger partial charge in [-0.1, -0.05) is 34.6 Å². The number of carbonyl (C=O) groups excluding carboxylic acids is 3. The summed E-state index contributed by atoms with van der Waals surface area (Å²) in [5.74, 6) is -1.08. The highest BCUT2D eigenvalue weighted by Gasteiger charge is 2.30. The molecule has 0 aliphatic rings. The summed E-state index contributed by atoms with van der Waals surface area (Å²) in [4.78, 5) is 36.2. The largest absolute Gasteiger partial charge is 0.458 e. The molecule has 0 fully saturated rings. The molecule has 1 N–H and O–H groups in total. The lowest BCUT2D eigenvalue weighted by molar-refractivity contribution is -0.159. The molecule has 0 aliphatic heterocycles. The minimum atomic E-state index is -0.927. The number of nitrogens with one attached hydrogen (secondary N) is 1. The van der Waals surface area contributed by atoms with E-state index in [-0.39, 0.29) is 35.9 Å². The van der Waals surface area contributed by atoms with Gasteiger partial charge in [0.05, 0.1) is 0 Å². The van der Waals surface area contributed by atoms with E-state index in [0.717, 1.165) is 0 Å². The fourth-order valence-corrected chi connectivity index (χ4v) is 1.73. The molecule has 22 heavy (non-hydrogen) atoms. The second-order valence-corrected chi connectivity index (χ2v) is 8.22. The Morgan fingerprint density at radius 2 is 1.50 bits per heavy atom. The minimum Gasteiger partial charge on any atom is -0.458 e. The van der Waals surface area contributed by atoms with E-state index >= 15 is 0 Å². The molecule has 0 aliphatic carbocycles. The van der Waals surface area contributed by atoms with Crippen molar-refractivity contribution in [1.82, 2.24) is 5.32 Å². The Balaban J connectivity index is 4.97. The molecule has 0 aromatic heterocycles. The van der Waals surface area contributed by atoms with E-state index in [2.05, 4.69) is 5.32 Å². The summed E-state index contributed by atoms with van der Waals surface area (Å²) in [5.41, 5.74) is -0.852. The molecule has 1 amide bonds. The van der Waals surface area contributed by atoms with Crippen LogP contribution in [0.1, 0.15) is 68.2 Å². The number of ether oxygens (including phenoxy) is 1. The molecule has 0 saturated heterocycles. The van der Waals surface area contributed by atoms with Gasteiger partial charge in [0.1, 0.15) is 17.4 Å². The SMILES string of the molecule is CC(C)C(=O)CC(NC(=O)CC(C)(C)C)C(=O)OC(C)(C)C. The van der Waals surface area contributed by atoms with E-state index in [9.17, 15) is 14.4 Å². The van der Waals surface area contributed by atoms with Crippen LogP contribution >= 0.6 is 0 Å². The number of ketones is 1. The summed E-state index contributed by atoms with van der Waals surface area (Å²) in [6.07, 6.45) is 0.241. The molecular weight excluding hydrogens is 282 g/mol. The van der Waals surface area contributed by atoms with Crippen molar-refractivity contribution >= 4 is 17.7 Å². The first-order valence-corrected chi connectivity index (χ1v) is 7.76. The number of carbonyl (C=O) groups is 3. The van der Waals surface area contributed by atoms with Crippen molar-refractivity contribution in [2.45, 2.75) is 79.9 Å². The number of hydrogen-bond donors (Lipinski definition) is 1. The normalized spacial score (nSPS) is 13.7. The molecule has 0 aromatic rings. The molecule has 1 atom stereocenters. The maximum absolute atomic E-state index is 12.2. The zero-order valence-corrected chi connectivity index (χ0v) is 15.2. The molecule has 0 aromatic carbocycles. The van der Waals surface area contributed by atoms with Crippen molar-refractivity contribution in [2.75, 3.05) is 0 Å². The predicted octanol–water partition coefficient (Wildman–Crippen LogP) is 2.86. The van der Waals surface area contributed by atoms with Crippen LogP contribution in [0, 0.1) is 11.3 Å². The molecular formula is C17H31NO4. The maximum atomic E-state index is 12.2. The van der Waals surface area contributed by atoms with E-state index in [1.807, 2.05) is 20.8 Å². The minimum absolute atomic E-state index is 0.0392. The van der Waals surface area contributed by atoms with Crippen LogP contribution in [0.15, 0.2) is 0 Å². The molecule has 1 unspecified atom stereocenters. The molecule has 128 valence electrons. The van der Waals surface area contributed by atoms with Gasteiger partial charge in [0.2, 0.25) is 5.91 Å². The number of Topliss-reactive ketones (excluding diaryl/α,β-unsaturated/α-hetero) is 1. The van der Waals surface area contributed by atoms with Gasteiger partial charge < -0.3 is 10.1 Å². The third kappa shape index (κ3) is 9.53. The monoisotopic (exact) mass is 313 g/mol. The summed E-state index contributed by atoms with van der Waals surface area (Å²) in [6, 6.07) is -0.927. The van der Waals surface area contributed by atoms with Crippen LogP contribution in [0.4, 0.5) is 0 Å². The maximum Gasteiger partial charge on any atom is 0.329 e. The van der Waals surface area contributed by atoms with Crippen LogP contribution in [-0.4, -0.2) is 29.3 Å².